The van der Waals surface area contributed by atoms with Crippen molar-refractivity contribution in [1.29, 1.82) is 0 Å². The molecule has 37 heavy (non-hydrogen) atoms. The second-order valence-corrected chi connectivity index (χ2v) is 8.39. The predicted molar refractivity (Wildman–Crippen MR) is 135 cm³/mol. The van der Waals surface area contributed by atoms with Crippen LogP contribution in [-0.2, 0) is 9.53 Å². The number of halogens is 1. The maximum absolute atomic E-state index is 14.9. The number of morpholine rings is 1. The molecule has 1 aliphatic rings. The molecule has 196 valence electrons. The van der Waals surface area contributed by atoms with Gasteiger partial charge in [0.1, 0.15) is 5.75 Å². The highest BCUT2D eigenvalue weighted by molar-refractivity contribution is 6.12. The van der Waals surface area contributed by atoms with Gasteiger partial charge in [0.2, 0.25) is 5.91 Å². The van der Waals surface area contributed by atoms with Crippen molar-refractivity contribution in [3.8, 4) is 23.0 Å². The van der Waals surface area contributed by atoms with Crippen LogP contribution in [0.1, 0.15) is 13.3 Å². The third kappa shape index (κ3) is 6.25. The van der Waals surface area contributed by atoms with E-state index in [2.05, 4.69) is 9.88 Å². The van der Waals surface area contributed by atoms with Crippen molar-refractivity contribution in [2.75, 3.05) is 51.5 Å². The van der Waals surface area contributed by atoms with Crippen LogP contribution in [0.3, 0.4) is 0 Å². The number of urea groups is 1. The van der Waals surface area contributed by atoms with Gasteiger partial charge in [0, 0.05) is 50.3 Å². The van der Waals surface area contributed by atoms with Gasteiger partial charge in [-0.1, -0.05) is 0 Å². The highest BCUT2D eigenvalue weighted by Gasteiger charge is 2.20. The van der Waals surface area contributed by atoms with Crippen molar-refractivity contribution in [2.24, 2.45) is 5.73 Å². The molecule has 1 fully saturated rings. The zero-order valence-electron chi connectivity index (χ0n) is 20.7. The number of pyridine rings is 1. The van der Waals surface area contributed by atoms with Crippen LogP contribution in [0.2, 0.25) is 0 Å². The minimum Gasteiger partial charge on any atom is -0.493 e. The van der Waals surface area contributed by atoms with Gasteiger partial charge in [-0.15, -0.1) is 0 Å². The third-order valence-corrected chi connectivity index (χ3v) is 5.90. The molecule has 3 amide bonds. The summed E-state index contributed by atoms with van der Waals surface area (Å²) in [5, 5.41) is 0.589. The fourth-order valence-corrected chi connectivity index (χ4v) is 4.08. The molecule has 0 bridgehead atoms. The van der Waals surface area contributed by atoms with Crippen LogP contribution >= 0.6 is 0 Å². The van der Waals surface area contributed by atoms with E-state index < -0.39 is 17.8 Å². The van der Waals surface area contributed by atoms with Crippen molar-refractivity contribution in [3.63, 3.8) is 0 Å². The molecule has 2 heterocycles. The van der Waals surface area contributed by atoms with E-state index in [0.717, 1.165) is 52.3 Å². The average Bonchev–Trinajstić information content (AvgIpc) is 2.88. The van der Waals surface area contributed by atoms with Crippen LogP contribution in [0.25, 0.3) is 10.9 Å². The lowest BCUT2D eigenvalue weighted by molar-refractivity contribution is -0.115. The number of nitrogens with zero attached hydrogens (tertiary/aromatic N) is 3. The number of carbonyl (C=O) groups excluding carboxylic acids is 2. The predicted octanol–water partition coefficient (Wildman–Crippen LogP) is 3.71. The number of primary amides is 1. The lowest BCUT2D eigenvalue weighted by Crippen LogP contribution is -2.39. The van der Waals surface area contributed by atoms with E-state index in [9.17, 15) is 14.0 Å². The Morgan fingerprint density at radius 1 is 1.11 bits per heavy atom. The summed E-state index contributed by atoms with van der Waals surface area (Å²) in [6, 6.07) is 7.78. The first kappa shape index (κ1) is 26.1. The van der Waals surface area contributed by atoms with Gasteiger partial charge >= 0.3 is 6.03 Å². The first-order chi connectivity index (χ1) is 17.9. The van der Waals surface area contributed by atoms with Gasteiger partial charge in [0.25, 0.3) is 0 Å². The maximum atomic E-state index is 14.9. The van der Waals surface area contributed by atoms with Gasteiger partial charge < -0.3 is 24.7 Å². The Labute approximate surface area is 213 Å². The summed E-state index contributed by atoms with van der Waals surface area (Å²) in [5.74, 6) is -0.133. The van der Waals surface area contributed by atoms with E-state index in [4.69, 9.17) is 24.7 Å². The topological polar surface area (TPSA) is 116 Å². The summed E-state index contributed by atoms with van der Waals surface area (Å²) in [6.07, 6.45) is 2.40. The number of aromatic nitrogens is 1. The molecule has 1 saturated heterocycles. The number of carbonyl (C=O) groups is 2. The van der Waals surface area contributed by atoms with Gasteiger partial charge in [0.15, 0.2) is 23.1 Å². The smallest absolute Gasteiger partial charge is 0.326 e. The molecule has 11 heteroatoms. The van der Waals surface area contributed by atoms with Crippen molar-refractivity contribution < 1.29 is 32.9 Å². The van der Waals surface area contributed by atoms with Crippen LogP contribution in [-0.4, -0.2) is 68.4 Å². The number of hydrogen-bond acceptors (Lipinski definition) is 8. The number of imide groups is 1. The van der Waals surface area contributed by atoms with Crippen molar-refractivity contribution in [1.82, 2.24) is 9.88 Å². The normalized spacial score (nSPS) is 13.8. The van der Waals surface area contributed by atoms with Crippen LogP contribution in [0.5, 0.6) is 23.0 Å². The Balaban J connectivity index is 1.51. The molecule has 1 aliphatic heterocycles. The summed E-state index contributed by atoms with van der Waals surface area (Å²) in [7, 11) is 1.54. The van der Waals surface area contributed by atoms with Crippen LogP contribution < -0.4 is 24.8 Å². The Kier molecular flexibility index (Phi) is 8.36. The molecule has 10 nitrogen and oxygen atoms in total. The zero-order chi connectivity index (χ0) is 26.4. The molecule has 0 spiro atoms. The minimum absolute atomic E-state index is 0.00140. The van der Waals surface area contributed by atoms with Gasteiger partial charge in [-0.3, -0.25) is 14.7 Å². The molecule has 3 aromatic rings. The van der Waals surface area contributed by atoms with Gasteiger partial charge in [-0.25, -0.2) is 14.1 Å². The second-order valence-electron chi connectivity index (χ2n) is 8.39. The Morgan fingerprint density at radius 2 is 1.89 bits per heavy atom. The summed E-state index contributed by atoms with van der Waals surface area (Å²) < 4.78 is 37.6. The van der Waals surface area contributed by atoms with Gasteiger partial charge in [-0.05, 0) is 30.7 Å². The van der Waals surface area contributed by atoms with Crippen molar-refractivity contribution >= 4 is 28.5 Å². The number of fused-ring (bicyclic) bond motifs is 1. The Bertz CT molecular complexity index is 1270. The summed E-state index contributed by atoms with van der Waals surface area (Å²) >= 11 is 0. The average molecular weight is 513 g/mol. The molecule has 0 aliphatic carbocycles. The monoisotopic (exact) mass is 512 g/mol. The fourth-order valence-electron chi connectivity index (χ4n) is 4.08. The highest BCUT2D eigenvalue weighted by Crippen LogP contribution is 2.38. The molecule has 2 aromatic carbocycles. The number of rotatable bonds is 9. The Hall–Kier alpha value is -3.96. The molecule has 2 N–H and O–H groups in total. The number of ether oxygens (including phenoxy) is 4. The maximum Gasteiger partial charge on any atom is 0.326 e. The molecule has 0 atom stereocenters. The molecular weight excluding hydrogens is 483 g/mol. The summed E-state index contributed by atoms with van der Waals surface area (Å²) in [5.41, 5.74) is 5.81. The SMILES string of the molecule is COc1cc2c(Oc3ccc(N(C(C)=O)C(N)=O)cc3F)ccnc2cc1OCCCN1CCOCC1. The van der Waals surface area contributed by atoms with E-state index in [1.165, 1.54) is 19.2 Å². The van der Waals surface area contributed by atoms with Gasteiger partial charge in [0.05, 0.1) is 38.1 Å². The standard InChI is InChI=1S/C26H29FN4O6/c1-17(32)31(26(28)33)18-4-5-23(20(27)14-18)37-22-6-7-29-21-16-25(24(34-2)15-19(21)22)36-11-3-8-30-9-12-35-13-10-30/h4-7,14-16H,3,8-13H2,1-2H3,(H2,28,33). The van der Waals surface area contributed by atoms with Crippen molar-refractivity contribution in [3.05, 3.63) is 48.4 Å². The lowest BCUT2D eigenvalue weighted by Gasteiger charge is -2.26. The second kappa shape index (κ2) is 11.8. The van der Waals surface area contributed by atoms with E-state index in [-0.39, 0.29) is 11.4 Å². The highest BCUT2D eigenvalue weighted by atomic mass is 19.1. The molecular formula is C26H29FN4O6. The fraction of sp³-hybridized carbons (Fsp3) is 0.346. The van der Waals surface area contributed by atoms with E-state index in [1.54, 1.807) is 24.4 Å². The number of methoxy groups -OCH3 is 1. The molecule has 4 rings (SSSR count). The third-order valence-electron chi connectivity index (χ3n) is 5.90. The van der Waals surface area contributed by atoms with Gasteiger partial charge in [-0.2, -0.15) is 0 Å². The Morgan fingerprint density at radius 3 is 2.57 bits per heavy atom. The molecule has 0 unspecified atom stereocenters. The first-order valence-corrected chi connectivity index (χ1v) is 11.8. The van der Waals surface area contributed by atoms with E-state index >= 15 is 0 Å². The number of benzene rings is 2. The molecule has 1 aromatic heterocycles. The number of hydrogen-bond donors (Lipinski definition) is 1. The quantitative estimate of drug-likeness (QED) is 0.432. The van der Waals surface area contributed by atoms with E-state index in [0.29, 0.717) is 39.7 Å². The first-order valence-electron chi connectivity index (χ1n) is 11.8. The summed E-state index contributed by atoms with van der Waals surface area (Å²) in [6.45, 7) is 5.96. The molecule has 0 saturated carbocycles. The van der Waals surface area contributed by atoms with Crippen molar-refractivity contribution in [2.45, 2.75) is 13.3 Å². The number of amides is 3. The van der Waals surface area contributed by atoms with Crippen LogP contribution in [0, 0.1) is 5.82 Å². The summed E-state index contributed by atoms with van der Waals surface area (Å²) in [4.78, 5) is 30.7. The number of anilines is 1. The van der Waals surface area contributed by atoms with E-state index in [1.807, 2.05) is 0 Å². The largest absolute Gasteiger partial charge is 0.493 e. The van der Waals surface area contributed by atoms with Crippen LogP contribution in [0.15, 0.2) is 42.6 Å². The lowest BCUT2D eigenvalue weighted by atomic mass is 10.1. The minimum atomic E-state index is -1.01. The van der Waals surface area contributed by atoms with Crippen LogP contribution in [0.4, 0.5) is 14.9 Å². The molecule has 0 radical (unpaired) electrons. The number of nitrogens with two attached hydrogens (primary N) is 1. The zero-order valence-corrected chi connectivity index (χ0v) is 20.7.